The van der Waals surface area contributed by atoms with Crippen LogP contribution in [0.2, 0.25) is 5.02 Å². The number of aromatic nitrogens is 1. The predicted octanol–water partition coefficient (Wildman–Crippen LogP) is 2.52. The molecule has 0 aliphatic carbocycles. The van der Waals surface area contributed by atoms with Crippen molar-refractivity contribution in [1.82, 2.24) is 4.98 Å². The number of halogens is 1. The summed E-state index contributed by atoms with van der Waals surface area (Å²) in [6.45, 7) is 6.93. The molecule has 0 bridgehead atoms. The van der Waals surface area contributed by atoms with Crippen molar-refractivity contribution >= 4 is 17.4 Å². The van der Waals surface area contributed by atoms with Gasteiger partial charge in [-0.25, -0.2) is 4.98 Å². The van der Waals surface area contributed by atoms with Gasteiger partial charge in [0.25, 0.3) is 0 Å². The van der Waals surface area contributed by atoms with Gasteiger partial charge in [0.05, 0.1) is 10.6 Å². The van der Waals surface area contributed by atoms with Gasteiger partial charge in [0.1, 0.15) is 5.82 Å². The van der Waals surface area contributed by atoms with Gasteiger partial charge in [-0.15, -0.1) is 0 Å². The fraction of sp³-hybridized carbons (Fsp3) is 0.545. The van der Waals surface area contributed by atoms with Crippen molar-refractivity contribution in [3.8, 4) is 0 Å². The molecule has 84 valence electrons. The summed E-state index contributed by atoms with van der Waals surface area (Å²) in [6, 6.07) is 3.67. The molecule has 1 rings (SSSR count). The molecule has 4 heteroatoms. The molecule has 0 aliphatic rings. The van der Waals surface area contributed by atoms with Gasteiger partial charge in [0.2, 0.25) is 0 Å². The first kappa shape index (κ1) is 12.3. The van der Waals surface area contributed by atoms with Crippen LogP contribution in [0.15, 0.2) is 18.3 Å². The summed E-state index contributed by atoms with van der Waals surface area (Å²) in [6.07, 6.45) is 1.63. The molecule has 15 heavy (non-hydrogen) atoms. The maximum atomic E-state index is 5.77. The van der Waals surface area contributed by atoms with Gasteiger partial charge in [0, 0.05) is 12.7 Å². The molecule has 0 fully saturated rings. The zero-order valence-corrected chi connectivity index (χ0v) is 10.2. The summed E-state index contributed by atoms with van der Waals surface area (Å²) >= 11 is 5.76. The summed E-state index contributed by atoms with van der Waals surface area (Å²) in [4.78, 5) is 4.20. The average molecular weight is 228 g/mol. The molecule has 1 heterocycles. The standard InChI is InChI=1S/C11H18ClN3/c1-8(2)11(3,7-13)15-10-5-4-9(12)6-14-10/h4-6,8H,7,13H2,1-3H3,(H,14,15). The van der Waals surface area contributed by atoms with Crippen molar-refractivity contribution in [2.75, 3.05) is 11.9 Å². The smallest absolute Gasteiger partial charge is 0.126 e. The molecule has 0 saturated carbocycles. The first-order chi connectivity index (χ1) is 6.98. The molecular formula is C11H18ClN3. The Balaban J connectivity index is 2.79. The van der Waals surface area contributed by atoms with Crippen LogP contribution in [0.4, 0.5) is 5.82 Å². The number of nitrogens with one attached hydrogen (secondary N) is 1. The van der Waals surface area contributed by atoms with E-state index in [2.05, 4.69) is 31.1 Å². The summed E-state index contributed by atoms with van der Waals surface area (Å²) in [5, 5.41) is 3.98. The number of rotatable bonds is 4. The van der Waals surface area contributed by atoms with Gasteiger partial charge in [-0.1, -0.05) is 25.4 Å². The van der Waals surface area contributed by atoms with Crippen molar-refractivity contribution < 1.29 is 0 Å². The van der Waals surface area contributed by atoms with Gasteiger partial charge >= 0.3 is 0 Å². The molecule has 0 radical (unpaired) electrons. The van der Waals surface area contributed by atoms with Crippen LogP contribution in [0, 0.1) is 5.92 Å². The number of hydrogen-bond acceptors (Lipinski definition) is 3. The quantitative estimate of drug-likeness (QED) is 0.831. The molecule has 0 amide bonds. The van der Waals surface area contributed by atoms with Crippen LogP contribution in [-0.2, 0) is 0 Å². The molecule has 1 aromatic heterocycles. The lowest BCUT2D eigenvalue weighted by Crippen LogP contribution is -2.47. The lowest BCUT2D eigenvalue weighted by molar-refractivity contribution is 0.381. The third kappa shape index (κ3) is 3.08. The van der Waals surface area contributed by atoms with Gasteiger partial charge in [-0.3, -0.25) is 0 Å². The predicted molar refractivity (Wildman–Crippen MR) is 65.2 cm³/mol. The van der Waals surface area contributed by atoms with E-state index in [0.717, 1.165) is 5.82 Å². The summed E-state index contributed by atoms with van der Waals surface area (Å²) in [5.74, 6) is 1.24. The molecule has 1 unspecified atom stereocenters. The van der Waals surface area contributed by atoms with Crippen molar-refractivity contribution in [2.24, 2.45) is 11.7 Å². The number of pyridine rings is 1. The molecule has 0 aliphatic heterocycles. The number of anilines is 1. The summed E-state index contributed by atoms with van der Waals surface area (Å²) < 4.78 is 0. The Kier molecular flexibility index (Phi) is 3.94. The molecule has 1 aromatic rings. The molecule has 0 spiro atoms. The van der Waals surface area contributed by atoms with Gasteiger partial charge in [0.15, 0.2) is 0 Å². The second-order valence-electron chi connectivity index (χ2n) is 4.26. The van der Waals surface area contributed by atoms with Gasteiger partial charge in [-0.2, -0.15) is 0 Å². The summed E-state index contributed by atoms with van der Waals surface area (Å²) in [7, 11) is 0. The van der Waals surface area contributed by atoms with E-state index >= 15 is 0 Å². The zero-order chi connectivity index (χ0) is 11.5. The van der Waals surface area contributed by atoms with E-state index in [-0.39, 0.29) is 5.54 Å². The molecule has 3 N–H and O–H groups in total. The highest BCUT2D eigenvalue weighted by atomic mass is 35.5. The lowest BCUT2D eigenvalue weighted by Gasteiger charge is -2.34. The number of hydrogen-bond donors (Lipinski definition) is 2. The fourth-order valence-corrected chi connectivity index (χ4v) is 1.29. The summed E-state index contributed by atoms with van der Waals surface area (Å²) in [5.41, 5.74) is 5.63. The van der Waals surface area contributed by atoms with Crippen molar-refractivity contribution in [1.29, 1.82) is 0 Å². The van der Waals surface area contributed by atoms with E-state index in [9.17, 15) is 0 Å². The molecule has 3 nitrogen and oxygen atoms in total. The Labute approximate surface area is 96.0 Å². The van der Waals surface area contributed by atoms with Gasteiger partial charge < -0.3 is 11.1 Å². The lowest BCUT2D eigenvalue weighted by atomic mass is 9.88. The first-order valence-electron chi connectivity index (χ1n) is 5.08. The maximum absolute atomic E-state index is 5.77. The molecular weight excluding hydrogens is 210 g/mol. The Morgan fingerprint density at radius 1 is 1.53 bits per heavy atom. The van der Waals surface area contributed by atoms with E-state index in [0.29, 0.717) is 17.5 Å². The molecule has 0 saturated heterocycles. The van der Waals surface area contributed by atoms with Crippen molar-refractivity contribution in [3.05, 3.63) is 23.4 Å². The van der Waals surface area contributed by atoms with Gasteiger partial charge in [-0.05, 0) is 25.0 Å². The van der Waals surface area contributed by atoms with E-state index in [1.807, 2.05) is 12.1 Å². The number of nitrogens with two attached hydrogens (primary N) is 1. The van der Waals surface area contributed by atoms with Crippen LogP contribution in [0.1, 0.15) is 20.8 Å². The van der Waals surface area contributed by atoms with Crippen LogP contribution in [0.5, 0.6) is 0 Å². The Morgan fingerprint density at radius 2 is 2.20 bits per heavy atom. The Bertz CT molecular complexity index is 310. The SMILES string of the molecule is CC(C)C(C)(CN)Nc1ccc(Cl)cn1. The van der Waals surface area contributed by atoms with Crippen LogP contribution < -0.4 is 11.1 Å². The van der Waals surface area contributed by atoms with E-state index in [1.165, 1.54) is 0 Å². The fourth-order valence-electron chi connectivity index (χ4n) is 1.17. The van der Waals surface area contributed by atoms with Crippen LogP contribution in [0.3, 0.4) is 0 Å². The number of nitrogens with zero attached hydrogens (tertiary/aromatic N) is 1. The average Bonchev–Trinajstić information content (AvgIpc) is 2.21. The van der Waals surface area contributed by atoms with Crippen molar-refractivity contribution in [3.63, 3.8) is 0 Å². The maximum Gasteiger partial charge on any atom is 0.126 e. The Morgan fingerprint density at radius 3 is 2.60 bits per heavy atom. The third-order valence-corrected chi connectivity index (χ3v) is 3.06. The monoisotopic (exact) mass is 227 g/mol. The highest BCUT2D eigenvalue weighted by Gasteiger charge is 2.26. The largest absolute Gasteiger partial charge is 0.363 e. The third-order valence-electron chi connectivity index (χ3n) is 2.84. The Hall–Kier alpha value is -0.800. The van der Waals surface area contributed by atoms with E-state index in [1.54, 1.807) is 6.20 Å². The minimum absolute atomic E-state index is 0.138. The minimum atomic E-state index is -0.138. The normalized spacial score (nSPS) is 15.1. The van der Waals surface area contributed by atoms with Crippen molar-refractivity contribution in [2.45, 2.75) is 26.3 Å². The van der Waals surface area contributed by atoms with Crippen LogP contribution in [0.25, 0.3) is 0 Å². The highest BCUT2D eigenvalue weighted by Crippen LogP contribution is 2.21. The second kappa shape index (κ2) is 4.81. The first-order valence-corrected chi connectivity index (χ1v) is 5.45. The van der Waals surface area contributed by atoms with Crippen LogP contribution in [-0.4, -0.2) is 17.1 Å². The minimum Gasteiger partial charge on any atom is -0.363 e. The van der Waals surface area contributed by atoms with E-state index < -0.39 is 0 Å². The van der Waals surface area contributed by atoms with Crippen LogP contribution >= 0.6 is 11.6 Å². The topological polar surface area (TPSA) is 50.9 Å². The molecule has 0 aromatic carbocycles. The second-order valence-corrected chi connectivity index (χ2v) is 4.70. The zero-order valence-electron chi connectivity index (χ0n) is 9.42. The molecule has 1 atom stereocenters. The highest BCUT2D eigenvalue weighted by molar-refractivity contribution is 6.30. The van der Waals surface area contributed by atoms with E-state index in [4.69, 9.17) is 17.3 Å².